The molecule has 2 atom stereocenters. The number of allylic oxidation sites excluding steroid dienone is 16. The van der Waals surface area contributed by atoms with Crippen LogP contribution < -0.4 is 5.11 Å². The van der Waals surface area contributed by atoms with Gasteiger partial charge in [-0.25, -0.2) is 0 Å². The summed E-state index contributed by atoms with van der Waals surface area (Å²) in [4.78, 5) is 37.0. The zero-order valence-corrected chi connectivity index (χ0v) is 40.7. The molecule has 63 heavy (non-hydrogen) atoms. The van der Waals surface area contributed by atoms with Crippen molar-refractivity contribution in [2.75, 3.05) is 41.0 Å². The number of aliphatic carboxylic acids is 1. The molecule has 0 bridgehead atoms. The number of quaternary nitrogens is 1. The molecule has 8 heteroatoms. The summed E-state index contributed by atoms with van der Waals surface area (Å²) in [5.41, 5.74) is 0. The lowest BCUT2D eigenvalue weighted by Crippen LogP contribution is -2.55. The third kappa shape index (κ3) is 43.3. The number of nitrogens with zero attached hydrogens (tertiary/aromatic N) is 1. The Kier molecular flexibility index (Phi) is 42.2. The van der Waals surface area contributed by atoms with E-state index in [2.05, 4.69) is 105 Å². The van der Waals surface area contributed by atoms with Gasteiger partial charge in [-0.05, 0) is 83.5 Å². The first-order valence-corrected chi connectivity index (χ1v) is 24.8. The fourth-order valence-corrected chi connectivity index (χ4v) is 6.65. The van der Waals surface area contributed by atoms with Crippen LogP contribution in [0, 0.1) is 0 Å². The number of hydrogen-bond acceptors (Lipinski definition) is 7. The molecule has 0 amide bonds. The molecule has 358 valence electrons. The molecule has 0 aliphatic heterocycles. The van der Waals surface area contributed by atoms with Crippen LogP contribution in [0.3, 0.4) is 0 Å². The fourth-order valence-electron chi connectivity index (χ4n) is 6.65. The lowest BCUT2D eigenvalue weighted by molar-refractivity contribution is -0.889. The molecule has 0 aliphatic rings. The van der Waals surface area contributed by atoms with Crippen molar-refractivity contribution in [3.05, 3.63) is 97.2 Å². The number of rotatable bonds is 43. The van der Waals surface area contributed by atoms with Crippen LogP contribution in [-0.2, 0) is 28.6 Å². The van der Waals surface area contributed by atoms with E-state index >= 15 is 0 Å². The summed E-state index contributed by atoms with van der Waals surface area (Å²) < 4.78 is 17.2. The zero-order valence-electron chi connectivity index (χ0n) is 40.7. The minimum absolute atomic E-state index is 0.0184. The van der Waals surface area contributed by atoms with E-state index in [1.165, 1.54) is 44.9 Å². The van der Waals surface area contributed by atoms with Gasteiger partial charge in [-0.15, -0.1) is 0 Å². The largest absolute Gasteiger partial charge is 0.544 e. The number of carbonyl (C=O) groups is 3. The number of hydrogen-bond donors (Lipinski definition) is 0. The molecule has 8 nitrogen and oxygen atoms in total. The summed E-state index contributed by atoms with van der Waals surface area (Å²) in [5, 5.41) is 11.7. The number of esters is 2. The molecule has 0 spiro atoms. The van der Waals surface area contributed by atoms with E-state index in [1.807, 2.05) is 6.08 Å². The van der Waals surface area contributed by atoms with Gasteiger partial charge < -0.3 is 28.6 Å². The van der Waals surface area contributed by atoms with Gasteiger partial charge in [0.25, 0.3) is 0 Å². The average molecular weight is 878 g/mol. The molecule has 0 saturated heterocycles. The summed E-state index contributed by atoms with van der Waals surface area (Å²) in [6.07, 6.45) is 59.9. The highest BCUT2D eigenvalue weighted by atomic mass is 16.6. The van der Waals surface area contributed by atoms with Crippen molar-refractivity contribution in [2.45, 2.75) is 193 Å². The van der Waals surface area contributed by atoms with Crippen LogP contribution in [0.5, 0.6) is 0 Å². The van der Waals surface area contributed by atoms with Crippen molar-refractivity contribution < 1.29 is 38.2 Å². The first kappa shape index (κ1) is 59.2. The van der Waals surface area contributed by atoms with Gasteiger partial charge in [0.1, 0.15) is 12.6 Å². The van der Waals surface area contributed by atoms with Gasteiger partial charge in [0.2, 0.25) is 0 Å². The Balaban J connectivity index is 4.39. The normalized spacial score (nSPS) is 13.7. The van der Waals surface area contributed by atoms with Crippen molar-refractivity contribution in [2.24, 2.45) is 0 Å². The van der Waals surface area contributed by atoms with Crippen LogP contribution in [0.2, 0.25) is 0 Å². The van der Waals surface area contributed by atoms with Crippen molar-refractivity contribution in [1.82, 2.24) is 0 Å². The predicted octanol–water partition coefficient (Wildman–Crippen LogP) is 12.9. The topological polar surface area (TPSA) is 102 Å². The lowest BCUT2D eigenvalue weighted by atomic mass is 10.1. The molecule has 0 aromatic heterocycles. The van der Waals surface area contributed by atoms with Crippen LogP contribution >= 0.6 is 0 Å². The molecule has 0 fully saturated rings. The van der Waals surface area contributed by atoms with Gasteiger partial charge in [-0.2, -0.15) is 0 Å². The van der Waals surface area contributed by atoms with Gasteiger partial charge in [-0.1, -0.05) is 175 Å². The highest BCUT2D eigenvalue weighted by molar-refractivity contribution is 5.70. The minimum atomic E-state index is -1.14. The SMILES string of the molecule is CCCCC/C=C/C=C/C=C/C=C/CCCCCCCC(=O)OC(COCCC(C(=O)[O-])[N+](C)(C)C)COC(=O)CCCCCCC/C=C/C/C=C/C/C=C/C/C=C/CCCCC. The van der Waals surface area contributed by atoms with Crippen molar-refractivity contribution >= 4 is 17.9 Å². The minimum Gasteiger partial charge on any atom is -0.544 e. The molecule has 0 aromatic carbocycles. The second kappa shape index (κ2) is 44.8. The fraction of sp³-hybridized carbons (Fsp3) is 0.655. The van der Waals surface area contributed by atoms with Gasteiger partial charge in [-0.3, -0.25) is 9.59 Å². The predicted molar refractivity (Wildman–Crippen MR) is 263 cm³/mol. The maximum absolute atomic E-state index is 12.8. The molecule has 0 rings (SSSR count). The van der Waals surface area contributed by atoms with Crippen LogP contribution in [0.4, 0.5) is 0 Å². The Morgan fingerprint density at radius 2 is 0.905 bits per heavy atom. The third-order valence-corrected chi connectivity index (χ3v) is 10.5. The molecule has 0 aromatic rings. The van der Waals surface area contributed by atoms with E-state index in [0.717, 1.165) is 103 Å². The molecule has 0 heterocycles. The second-order valence-electron chi connectivity index (χ2n) is 17.4. The molecule has 0 N–H and O–H groups in total. The van der Waals surface area contributed by atoms with E-state index in [4.69, 9.17) is 14.2 Å². The van der Waals surface area contributed by atoms with Crippen LogP contribution in [0.25, 0.3) is 0 Å². The highest BCUT2D eigenvalue weighted by Gasteiger charge is 2.25. The van der Waals surface area contributed by atoms with E-state index in [0.29, 0.717) is 6.42 Å². The molecule has 0 aliphatic carbocycles. The quantitative estimate of drug-likeness (QED) is 0.0198. The van der Waals surface area contributed by atoms with E-state index < -0.39 is 18.1 Å². The molecule has 0 saturated carbocycles. The van der Waals surface area contributed by atoms with Crippen LogP contribution in [0.1, 0.15) is 181 Å². The Morgan fingerprint density at radius 3 is 1.38 bits per heavy atom. The number of carbonyl (C=O) groups excluding carboxylic acids is 3. The Bertz CT molecular complexity index is 1350. The van der Waals surface area contributed by atoms with Gasteiger partial charge in [0.15, 0.2) is 6.10 Å². The molecule has 0 radical (unpaired) electrons. The highest BCUT2D eigenvalue weighted by Crippen LogP contribution is 2.13. The second-order valence-corrected chi connectivity index (χ2v) is 17.4. The van der Waals surface area contributed by atoms with E-state index in [-0.39, 0.29) is 49.1 Å². The monoisotopic (exact) mass is 878 g/mol. The molecular weight excluding hydrogens is 787 g/mol. The number of ether oxygens (including phenoxy) is 3. The third-order valence-electron chi connectivity index (χ3n) is 10.5. The van der Waals surface area contributed by atoms with Crippen LogP contribution in [-0.4, -0.2) is 75.5 Å². The Morgan fingerprint density at radius 1 is 0.492 bits per heavy atom. The number of carboxylic acids is 1. The van der Waals surface area contributed by atoms with Crippen molar-refractivity contribution in [3.63, 3.8) is 0 Å². The summed E-state index contributed by atoms with van der Waals surface area (Å²) in [7, 11) is 5.39. The number of unbranched alkanes of at least 4 members (excludes halogenated alkanes) is 16. The van der Waals surface area contributed by atoms with Gasteiger partial charge in [0.05, 0.1) is 40.3 Å². The Labute approximate surface area is 386 Å². The van der Waals surface area contributed by atoms with E-state index in [1.54, 1.807) is 21.1 Å². The summed E-state index contributed by atoms with van der Waals surface area (Å²) >= 11 is 0. The number of likely N-dealkylation sites (N-methyl/N-ethyl adjacent to an activating group) is 1. The van der Waals surface area contributed by atoms with Crippen molar-refractivity contribution in [1.29, 1.82) is 0 Å². The maximum atomic E-state index is 12.8. The first-order chi connectivity index (χ1) is 30.6. The average Bonchev–Trinajstić information content (AvgIpc) is 3.24. The molecule has 2 unspecified atom stereocenters. The molecular formula is C55H91NO7. The van der Waals surface area contributed by atoms with Crippen LogP contribution in [0.15, 0.2) is 97.2 Å². The number of carboxylic acid groups (broad SMARTS) is 1. The van der Waals surface area contributed by atoms with Crippen molar-refractivity contribution in [3.8, 4) is 0 Å². The smallest absolute Gasteiger partial charge is 0.306 e. The zero-order chi connectivity index (χ0) is 46.3. The summed E-state index contributed by atoms with van der Waals surface area (Å²) in [6.45, 7) is 4.54. The van der Waals surface area contributed by atoms with Gasteiger partial charge >= 0.3 is 11.9 Å². The maximum Gasteiger partial charge on any atom is 0.306 e. The van der Waals surface area contributed by atoms with Gasteiger partial charge in [0, 0.05) is 19.3 Å². The van der Waals surface area contributed by atoms with E-state index in [9.17, 15) is 19.5 Å². The Hall–Kier alpha value is -3.75. The summed E-state index contributed by atoms with van der Waals surface area (Å²) in [5.74, 6) is -1.80. The summed E-state index contributed by atoms with van der Waals surface area (Å²) in [6, 6.07) is -0.740. The standard InChI is InChI=1S/C55H91NO7/c1-6-8-10-12-14-16-18-20-22-24-26-27-28-30-31-33-35-37-39-41-43-45-53(57)62-50-51(49-61-48-47-52(55(59)60)56(3,4)5)63-54(58)46-44-42-40-38-36-34-32-29-25-23-21-19-17-15-13-11-9-7-2/h14-17,19-23,25-27,29-32,51-52H,6-13,18,24,28,33-50H2,1-5H3/b16-14+,17-15+,21-19+,22-20+,25-23+,27-26+,31-30+,32-29+. The first-order valence-electron chi connectivity index (χ1n) is 24.8. The lowest BCUT2D eigenvalue weighted by Gasteiger charge is -2.34.